The van der Waals surface area contributed by atoms with E-state index in [9.17, 15) is 0 Å². The molecule has 2 unspecified atom stereocenters. The van der Waals surface area contributed by atoms with E-state index in [4.69, 9.17) is 0 Å². The molecule has 1 aliphatic heterocycles. The quantitative estimate of drug-likeness (QED) is 0.746. The lowest BCUT2D eigenvalue weighted by molar-refractivity contribution is 0.204. The maximum Gasteiger partial charge on any atom is 0.00980 e. The van der Waals surface area contributed by atoms with Gasteiger partial charge in [-0.3, -0.25) is 0 Å². The zero-order chi connectivity index (χ0) is 10.8. The van der Waals surface area contributed by atoms with Crippen LogP contribution in [0.25, 0.3) is 0 Å². The van der Waals surface area contributed by atoms with Crippen LogP contribution in [0, 0.1) is 11.8 Å². The predicted molar refractivity (Wildman–Crippen MR) is 68.5 cm³/mol. The first-order chi connectivity index (χ1) is 7.93. The molecule has 3 fully saturated rings. The fourth-order valence-corrected chi connectivity index (χ4v) is 4.46. The SMILES string of the molecule is C1CCC(C2CCCC(C3CCCC3)N2)C1. The summed E-state index contributed by atoms with van der Waals surface area (Å²) in [6, 6.07) is 1.78. The van der Waals surface area contributed by atoms with Crippen molar-refractivity contribution in [3.63, 3.8) is 0 Å². The van der Waals surface area contributed by atoms with E-state index in [1.54, 1.807) is 0 Å². The Morgan fingerprint density at radius 1 is 0.500 bits per heavy atom. The van der Waals surface area contributed by atoms with Gasteiger partial charge in [0.2, 0.25) is 0 Å². The van der Waals surface area contributed by atoms with Crippen molar-refractivity contribution >= 4 is 0 Å². The molecule has 0 radical (unpaired) electrons. The summed E-state index contributed by atoms with van der Waals surface area (Å²) >= 11 is 0. The molecule has 2 atom stereocenters. The number of piperidine rings is 1. The predicted octanol–water partition coefficient (Wildman–Crippen LogP) is 3.88. The molecular weight excluding hydrogens is 194 g/mol. The van der Waals surface area contributed by atoms with Crippen LogP contribution in [0.2, 0.25) is 0 Å². The molecule has 2 saturated carbocycles. The lowest BCUT2D eigenvalue weighted by atomic mass is 9.83. The van der Waals surface area contributed by atoms with Crippen LogP contribution in [0.4, 0.5) is 0 Å². The van der Waals surface area contributed by atoms with E-state index in [1.807, 2.05) is 0 Å². The molecule has 16 heavy (non-hydrogen) atoms. The standard InChI is InChI=1S/C15H27N/c1-2-7-12(6-1)14-10-5-11-15(16-14)13-8-3-4-9-13/h12-16H,1-11H2. The monoisotopic (exact) mass is 221 g/mol. The van der Waals surface area contributed by atoms with Gasteiger partial charge in [-0.25, -0.2) is 0 Å². The Kier molecular flexibility index (Phi) is 3.51. The van der Waals surface area contributed by atoms with Crippen LogP contribution < -0.4 is 5.32 Å². The second kappa shape index (κ2) is 5.08. The molecule has 3 rings (SSSR count). The van der Waals surface area contributed by atoms with Gasteiger partial charge in [-0.1, -0.05) is 32.1 Å². The average molecular weight is 221 g/mol. The maximum absolute atomic E-state index is 4.04. The van der Waals surface area contributed by atoms with Crippen LogP contribution in [0.1, 0.15) is 70.6 Å². The minimum absolute atomic E-state index is 0.891. The van der Waals surface area contributed by atoms with Crippen LogP contribution in [-0.4, -0.2) is 12.1 Å². The Morgan fingerprint density at radius 2 is 0.938 bits per heavy atom. The van der Waals surface area contributed by atoms with Crippen LogP contribution in [0.15, 0.2) is 0 Å². The normalized spacial score (nSPS) is 38.2. The molecule has 92 valence electrons. The van der Waals surface area contributed by atoms with Gasteiger partial charge in [-0.2, -0.15) is 0 Å². The number of rotatable bonds is 2. The second-order valence-electron chi connectivity index (χ2n) is 6.40. The highest BCUT2D eigenvalue weighted by Gasteiger charge is 2.33. The van der Waals surface area contributed by atoms with E-state index in [0.29, 0.717) is 0 Å². The van der Waals surface area contributed by atoms with Gasteiger partial charge in [0, 0.05) is 12.1 Å². The van der Waals surface area contributed by atoms with Gasteiger partial charge in [-0.15, -0.1) is 0 Å². The largest absolute Gasteiger partial charge is 0.311 e. The summed E-state index contributed by atoms with van der Waals surface area (Å²) in [5.74, 6) is 2.06. The van der Waals surface area contributed by atoms with Gasteiger partial charge in [-0.05, 0) is 50.4 Å². The van der Waals surface area contributed by atoms with Gasteiger partial charge >= 0.3 is 0 Å². The van der Waals surface area contributed by atoms with E-state index >= 15 is 0 Å². The highest BCUT2D eigenvalue weighted by atomic mass is 15.0. The molecule has 0 aromatic carbocycles. The molecular formula is C15H27N. The molecule has 1 saturated heterocycles. The Morgan fingerprint density at radius 3 is 1.38 bits per heavy atom. The van der Waals surface area contributed by atoms with Crippen molar-refractivity contribution in [1.82, 2.24) is 5.32 Å². The van der Waals surface area contributed by atoms with Crippen LogP contribution in [-0.2, 0) is 0 Å². The van der Waals surface area contributed by atoms with Crippen molar-refractivity contribution < 1.29 is 0 Å². The third kappa shape index (κ3) is 2.30. The lowest BCUT2D eigenvalue weighted by Gasteiger charge is -2.37. The van der Waals surface area contributed by atoms with Gasteiger partial charge in [0.15, 0.2) is 0 Å². The summed E-state index contributed by atoms with van der Waals surface area (Å²) in [6.07, 6.45) is 16.5. The van der Waals surface area contributed by atoms with E-state index in [1.165, 1.54) is 70.6 Å². The molecule has 1 heterocycles. The van der Waals surface area contributed by atoms with Gasteiger partial charge in [0.25, 0.3) is 0 Å². The summed E-state index contributed by atoms with van der Waals surface area (Å²) in [4.78, 5) is 0. The summed E-state index contributed by atoms with van der Waals surface area (Å²) < 4.78 is 0. The lowest BCUT2D eigenvalue weighted by Crippen LogP contribution is -2.48. The third-order valence-corrected chi connectivity index (χ3v) is 5.40. The second-order valence-corrected chi connectivity index (χ2v) is 6.40. The summed E-state index contributed by atoms with van der Waals surface area (Å²) in [5.41, 5.74) is 0. The summed E-state index contributed by atoms with van der Waals surface area (Å²) in [7, 11) is 0. The minimum atomic E-state index is 0.891. The zero-order valence-electron chi connectivity index (χ0n) is 10.6. The van der Waals surface area contributed by atoms with Crippen molar-refractivity contribution in [1.29, 1.82) is 0 Å². The molecule has 0 spiro atoms. The Hall–Kier alpha value is -0.0400. The van der Waals surface area contributed by atoms with Crippen molar-refractivity contribution in [3.8, 4) is 0 Å². The smallest absolute Gasteiger partial charge is 0.00980 e. The van der Waals surface area contributed by atoms with E-state index in [2.05, 4.69) is 5.32 Å². The third-order valence-electron chi connectivity index (χ3n) is 5.40. The first-order valence-electron chi connectivity index (χ1n) is 7.69. The maximum atomic E-state index is 4.04. The first kappa shape index (κ1) is 11.1. The molecule has 2 aliphatic carbocycles. The van der Waals surface area contributed by atoms with Gasteiger partial charge in [0.05, 0.1) is 0 Å². The molecule has 0 bridgehead atoms. The van der Waals surface area contributed by atoms with Crippen molar-refractivity contribution in [3.05, 3.63) is 0 Å². The number of hydrogen-bond donors (Lipinski definition) is 1. The number of hydrogen-bond acceptors (Lipinski definition) is 1. The van der Waals surface area contributed by atoms with E-state index in [-0.39, 0.29) is 0 Å². The molecule has 1 nitrogen and oxygen atoms in total. The fraction of sp³-hybridized carbons (Fsp3) is 1.00. The van der Waals surface area contributed by atoms with Crippen molar-refractivity contribution in [2.45, 2.75) is 82.7 Å². The van der Waals surface area contributed by atoms with Crippen LogP contribution in [0.5, 0.6) is 0 Å². The van der Waals surface area contributed by atoms with Crippen LogP contribution >= 0.6 is 0 Å². The molecule has 0 aromatic rings. The Balaban J connectivity index is 1.56. The van der Waals surface area contributed by atoms with Gasteiger partial charge < -0.3 is 5.32 Å². The Bertz CT molecular complexity index is 191. The molecule has 0 aromatic heterocycles. The topological polar surface area (TPSA) is 12.0 Å². The highest BCUT2D eigenvalue weighted by molar-refractivity contribution is 4.91. The van der Waals surface area contributed by atoms with Crippen LogP contribution in [0.3, 0.4) is 0 Å². The van der Waals surface area contributed by atoms with Gasteiger partial charge in [0.1, 0.15) is 0 Å². The summed E-state index contributed by atoms with van der Waals surface area (Å²) in [5, 5.41) is 4.04. The highest BCUT2D eigenvalue weighted by Crippen LogP contribution is 2.36. The molecule has 3 aliphatic rings. The van der Waals surface area contributed by atoms with Crippen molar-refractivity contribution in [2.75, 3.05) is 0 Å². The zero-order valence-corrected chi connectivity index (χ0v) is 10.6. The fourth-order valence-electron chi connectivity index (χ4n) is 4.46. The average Bonchev–Trinajstić information content (AvgIpc) is 3.03. The number of nitrogens with one attached hydrogen (secondary N) is 1. The van der Waals surface area contributed by atoms with E-state index in [0.717, 1.165) is 23.9 Å². The summed E-state index contributed by atoms with van der Waals surface area (Å²) in [6.45, 7) is 0. The molecule has 1 N–H and O–H groups in total. The molecule has 0 amide bonds. The minimum Gasteiger partial charge on any atom is -0.311 e. The molecule has 1 heteroatoms. The van der Waals surface area contributed by atoms with E-state index < -0.39 is 0 Å². The first-order valence-corrected chi connectivity index (χ1v) is 7.69. The Labute approximate surface area is 100 Å². The van der Waals surface area contributed by atoms with Crippen molar-refractivity contribution in [2.24, 2.45) is 11.8 Å².